The van der Waals surface area contributed by atoms with Crippen LogP contribution in [0.5, 0.6) is 5.75 Å². The quantitative estimate of drug-likeness (QED) is 0.627. The SMILES string of the molecule is CC[C@@H](NC(=O)c1ccc([N+](=O)[O-])c(O)c1)c1cnn(CC)c1. The van der Waals surface area contributed by atoms with Crippen LogP contribution in [-0.4, -0.2) is 25.7 Å². The Morgan fingerprint density at radius 1 is 1.48 bits per heavy atom. The Labute approximate surface area is 132 Å². The molecule has 1 heterocycles. The van der Waals surface area contributed by atoms with Gasteiger partial charge in [0.1, 0.15) is 0 Å². The molecule has 8 nitrogen and oxygen atoms in total. The summed E-state index contributed by atoms with van der Waals surface area (Å²) < 4.78 is 1.77. The van der Waals surface area contributed by atoms with Crippen LogP contribution in [0.1, 0.15) is 42.2 Å². The Kier molecular flexibility index (Phi) is 4.95. The molecule has 0 saturated heterocycles. The zero-order valence-corrected chi connectivity index (χ0v) is 12.9. The van der Waals surface area contributed by atoms with E-state index in [1.54, 1.807) is 10.9 Å². The number of carbonyl (C=O) groups is 1. The minimum absolute atomic E-state index is 0.162. The van der Waals surface area contributed by atoms with E-state index in [1.165, 1.54) is 6.07 Å². The topological polar surface area (TPSA) is 110 Å². The number of aromatic hydroxyl groups is 1. The van der Waals surface area contributed by atoms with Crippen molar-refractivity contribution in [1.82, 2.24) is 15.1 Å². The van der Waals surface area contributed by atoms with Crippen LogP contribution in [0.2, 0.25) is 0 Å². The summed E-state index contributed by atoms with van der Waals surface area (Å²) in [5.41, 5.74) is 0.612. The summed E-state index contributed by atoms with van der Waals surface area (Å²) >= 11 is 0. The molecule has 2 N–H and O–H groups in total. The van der Waals surface area contributed by atoms with E-state index in [1.807, 2.05) is 20.0 Å². The third kappa shape index (κ3) is 3.65. The molecule has 0 spiro atoms. The molecule has 2 aromatic rings. The molecule has 0 aliphatic rings. The first-order chi connectivity index (χ1) is 11.0. The van der Waals surface area contributed by atoms with E-state index < -0.39 is 22.3 Å². The van der Waals surface area contributed by atoms with Gasteiger partial charge in [0.15, 0.2) is 5.75 Å². The van der Waals surface area contributed by atoms with Gasteiger partial charge in [-0.15, -0.1) is 0 Å². The normalized spacial score (nSPS) is 11.9. The number of hydrogen-bond donors (Lipinski definition) is 2. The number of nitrogens with zero attached hydrogens (tertiary/aromatic N) is 3. The van der Waals surface area contributed by atoms with Crippen LogP contribution in [0.25, 0.3) is 0 Å². The average molecular weight is 318 g/mol. The largest absolute Gasteiger partial charge is 0.502 e. The first-order valence-electron chi connectivity index (χ1n) is 7.26. The highest BCUT2D eigenvalue weighted by Gasteiger charge is 2.19. The van der Waals surface area contributed by atoms with Gasteiger partial charge >= 0.3 is 5.69 Å². The molecule has 0 aliphatic heterocycles. The fourth-order valence-corrected chi connectivity index (χ4v) is 2.21. The number of benzene rings is 1. The van der Waals surface area contributed by atoms with Gasteiger partial charge in [-0.3, -0.25) is 19.6 Å². The number of aromatic nitrogens is 2. The van der Waals surface area contributed by atoms with Crippen LogP contribution < -0.4 is 5.32 Å². The third-order valence-corrected chi connectivity index (χ3v) is 3.53. The van der Waals surface area contributed by atoms with Gasteiger partial charge in [-0.1, -0.05) is 6.92 Å². The van der Waals surface area contributed by atoms with Crippen LogP contribution in [0, 0.1) is 10.1 Å². The van der Waals surface area contributed by atoms with Crippen molar-refractivity contribution in [3.05, 3.63) is 51.8 Å². The van der Waals surface area contributed by atoms with Crippen LogP contribution in [-0.2, 0) is 6.54 Å². The van der Waals surface area contributed by atoms with Crippen molar-refractivity contribution in [3.63, 3.8) is 0 Å². The Morgan fingerprint density at radius 3 is 2.74 bits per heavy atom. The summed E-state index contributed by atoms with van der Waals surface area (Å²) in [5.74, 6) is -0.944. The van der Waals surface area contributed by atoms with Gasteiger partial charge in [0.05, 0.1) is 17.2 Å². The van der Waals surface area contributed by atoms with Crippen molar-refractivity contribution in [2.24, 2.45) is 0 Å². The first kappa shape index (κ1) is 16.5. The van der Waals surface area contributed by atoms with Crippen molar-refractivity contribution in [2.75, 3.05) is 0 Å². The monoisotopic (exact) mass is 318 g/mol. The summed E-state index contributed by atoms with van der Waals surface area (Å²) in [6, 6.07) is 3.30. The minimum Gasteiger partial charge on any atom is -0.502 e. The van der Waals surface area contributed by atoms with Gasteiger partial charge < -0.3 is 10.4 Å². The molecule has 8 heteroatoms. The second-order valence-electron chi connectivity index (χ2n) is 5.02. The maximum atomic E-state index is 12.3. The molecular weight excluding hydrogens is 300 g/mol. The number of aryl methyl sites for hydroxylation is 1. The number of amides is 1. The lowest BCUT2D eigenvalue weighted by atomic mass is 10.1. The van der Waals surface area contributed by atoms with Crippen LogP contribution in [0.15, 0.2) is 30.6 Å². The summed E-state index contributed by atoms with van der Waals surface area (Å²) in [7, 11) is 0. The predicted octanol–water partition coefficient (Wildman–Crippen LogP) is 2.40. The van der Waals surface area contributed by atoms with E-state index in [4.69, 9.17) is 0 Å². The zero-order valence-electron chi connectivity index (χ0n) is 12.9. The zero-order chi connectivity index (χ0) is 17.0. The second kappa shape index (κ2) is 6.91. The second-order valence-corrected chi connectivity index (χ2v) is 5.02. The van der Waals surface area contributed by atoms with E-state index in [-0.39, 0.29) is 11.6 Å². The lowest BCUT2D eigenvalue weighted by molar-refractivity contribution is -0.385. The molecule has 1 aromatic carbocycles. The minimum atomic E-state index is -0.703. The van der Waals surface area contributed by atoms with Gasteiger partial charge in [-0.25, -0.2) is 0 Å². The first-order valence-corrected chi connectivity index (χ1v) is 7.26. The molecule has 0 fully saturated rings. The number of nitrogens with one attached hydrogen (secondary N) is 1. The Bertz CT molecular complexity index is 726. The van der Waals surface area contributed by atoms with Crippen molar-refractivity contribution in [1.29, 1.82) is 0 Å². The highest BCUT2D eigenvalue weighted by molar-refractivity contribution is 5.95. The number of hydrogen-bond acceptors (Lipinski definition) is 5. The predicted molar refractivity (Wildman–Crippen MR) is 83.2 cm³/mol. The van der Waals surface area contributed by atoms with Gasteiger partial charge in [0.2, 0.25) is 0 Å². The number of phenols is 1. The summed E-state index contributed by atoms with van der Waals surface area (Å²) in [5, 5.41) is 27.3. The van der Waals surface area contributed by atoms with E-state index in [0.29, 0.717) is 6.42 Å². The van der Waals surface area contributed by atoms with E-state index in [0.717, 1.165) is 24.2 Å². The van der Waals surface area contributed by atoms with Crippen LogP contribution in [0.3, 0.4) is 0 Å². The summed E-state index contributed by atoms with van der Waals surface area (Å²) in [4.78, 5) is 22.3. The molecule has 23 heavy (non-hydrogen) atoms. The van der Waals surface area contributed by atoms with Gasteiger partial charge in [0.25, 0.3) is 5.91 Å². The molecular formula is C15H18N4O4. The molecule has 122 valence electrons. The summed E-state index contributed by atoms with van der Waals surface area (Å²) in [6.07, 6.45) is 4.23. The molecule has 1 amide bonds. The smallest absolute Gasteiger partial charge is 0.310 e. The van der Waals surface area contributed by atoms with Gasteiger partial charge in [-0.05, 0) is 25.5 Å². The molecule has 0 aliphatic carbocycles. The Morgan fingerprint density at radius 2 is 2.22 bits per heavy atom. The fourth-order valence-electron chi connectivity index (χ4n) is 2.21. The number of nitro benzene ring substituents is 1. The van der Waals surface area contributed by atoms with Crippen LogP contribution >= 0.6 is 0 Å². The van der Waals surface area contributed by atoms with Crippen molar-refractivity contribution in [3.8, 4) is 5.75 Å². The van der Waals surface area contributed by atoms with Gasteiger partial charge in [0, 0.05) is 29.9 Å². The molecule has 0 bridgehead atoms. The highest BCUT2D eigenvalue weighted by atomic mass is 16.6. The number of carbonyl (C=O) groups excluding carboxylic acids is 1. The van der Waals surface area contributed by atoms with Crippen molar-refractivity contribution in [2.45, 2.75) is 32.9 Å². The maximum absolute atomic E-state index is 12.3. The number of rotatable bonds is 6. The molecule has 2 rings (SSSR count). The molecule has 0 radical (unpaired) electrons. The van der Waals surface area contributed by atoms with E-state index in [2.05, 4.69) is 10.4 Å². The Hall–Kier alpha value is -2.90. The van der Waals surface area contributed by atoms with Crippen LogP contribution in [0.4, 0.5) is 5.69 Å². The van der Waals surface area contributed by atoms with Crippen molar-refractivity contribution >= 4 is 11.6 Å². The highest BCUT2D eigenvalue weighted by Crippen LogP contribution is 2.26. The standard InChI is InChI=1S/C15H18N4O4/c1-3-12(11-8-16-18(4-2)9-11)17-15(21)10-5-6-13(19(22)23)14(20)7-10/h5-9,12,20H,3-4H2,1-2H3,(H,17,21)/t12-/m1/s1. The molecule has 0 unspecified atom stereocenters. The van der Waals surface area contributed by atoms with E-state index >= 15 is 0 Å². The average Bonchev–Trinajstić information content (AvgIpc) is 3.00. The number of phenolic OH excluding ortho intramolecular Hbond substituents is 1. The van der Waals surface area contributed by atoms with Gasteiger partial charge in [-0.2, -0.15) is 5.10 Å². The number of nitro groups is 1. The lowest BCUT2D eigenvalue weighted by Crippen LogP contribution is -2.27. The molecule has 1 atom stereocenters. The fraction of sp³-hybridized carbons (Fsp3) is 0.333. The maximum Gasteiger partial charge on any atom is 0.310 e. The van der Waals surface area contributed by atoms with E-state index in [9.17, 15) is 20.0 Å². The molecule has 1 aromatic heterocycles. The Balaban J connectivity index is 2.16. The summed E-state index contributed by atoms with van der Waals surface area (Å²) in [6.45, 7) is 4.64. The van der Waals surface area contributed by atoms with Crippen molar-refractivity contribution < 1.29 is 14.8 Å². The third-order valence-electron chi connectivity index (χ3n) is 3.53. The lowest BCUT2D eigenvalue weighted by Gasteiger charge is -2.15. The molecule has 0 saturated carbocycles.